The molecule has 0 N–H and O–H groups in total. The molecule has 2 heterocycles. The van der Waals surface area contributed by atoms with Gasteiger partial charge in [-0.15, -0.1) is 0 Å². The quantitative estimate of drug-likeness (QED) is 0.486. The molecular formula is C21H22ClFN2O5S. The van der Waals surface area contributed by atoms with Crippen molar-refractivity contribution >= 4 is 33.1 Å². The predicted octanol–water partition coefficient (Wildman–Crippen LogP) is 4.38. The van der Waals surface area contributed by atoms with Crippen LogP contribution in [0.4, 0.5) is 10.1 Å². The van der Waals surface area contributed by atoms with Crippen molar-refractivity contribution in [3.05, 3.63) is 40.8 Å². The van der Waals surface area contributed by atoms with Gasteiger partial charge in [0.2, 0.25) is 11.8 Å². The Bertz CT molecular complexity index is 1120. The SMILES string of the molecule is COC(=O)c1cccc(Oc2nc(F)c(Cl)c3c2N(C2CCCCC2)CCS3(=O)=O)c1. The van der Waals surface area contributed by atoms with Crippen molar-refractivity contribution < 1.29 is 27.1 Å². The van der Waals surface area contributed by atoms with Crippen LogP contribution < -0.4 is 9.64 Å². The number of rotatable bonds is 4. The van der Waals surface area contributed by atoms with Crippen molar-refractivity contribution in [1.82, 2.24) is 4.98 Å². The Labute approximate surface area is 185 Å². The average Bonchev–Trinajstić information content (AvgIpc) is 2.77. The summed E-state index contributed by atoms with van der Waals surface area (Å²) in [5.41, 5.74) is 0.424. The molecule has 31 heavy (non-hydrogen) atoms. The monoisotopic (exact) mass is 468 g/mol. The Morgan fingerprint density at radius 1 is 1.26 bits per heavy atom. The van der Waals surface area contributed by atoms with E-state index in [4.69, 9.17) is 21.1 Å². The van der Waals surface area contributed by atoms with Crippen LogP contribution in [0.2, 0.25) is 5.02 Å². The largest absolute Gasteiger partial charge is 0.465 e. The predicted molar refractivity (Wildman–Crippen MR) is 113 cm³/mol. The fraction of sp³-hybridized carbons (Fsp3) is 0.429. The summed E-state index contributed by atoms with van der Waals surface area (Å²) < 4.78 is 50.8. The highest BCUT2D eigenvalue weighted by Gasteiger charge is 2.39. The van der Waals surface area contributed by atoms with Gasteiger partial charge in [0.25, 0.3) is 0 Å². The minimum atomic E-state index is -3.81. The Hall–Kier alpha value is -2.39. The molecule has 0 saturated heterocycles. The first kappa shape index (κ1) is 21.8. The van der Waals surface area contributed by atoms with Gasteiger partial charge in [-0.25, -0.2) is 13.2 Å². The van der Waals surface area contributed by atoms with Gasteiger partial charge in [-0.2, -0.15) is 9.37 Å². The van der Waals surface area contributed by atoms with Gasteiger partial charge in [0.05, 0.1) is 18.4 Å². The number of methoxy groups -OCH3 is 1. The minimum Gasteiger partial charge on any atom is -0.465 e. The topological polar surface area (TPSA) is 85.8 Å². The highest BCUT2D eigenvalue weighted by molar-refractivity contribution is 7.91. The zero-order chi connectivity index (χ0) is 22.2. The Balaban J connectivity index is 1.84. The first-order valence-electron chi connectivity index (χ1n) is 10.1. The zero-order valence-electron chi connectivity index (χ0n) is 16.9. The maximum absolute atomic E-state index is 14.6. The van der Waals surface area contributed by atoms with E-state index in [1.54, 1.807) is 18.2 Å². The first-order chi connectivity index (χ1) is 14.8. The van der Waals surface area contributed by atoms with Crippen LogP contribution >= 0.6 is 11.6 Å². The van der Waals surface area contributed by atoms with Gasteiger partial charge in [0, 0.05) is 12.6 Å². The summed E-state index contributed by atoms with van der Waals surface area (Å²) in [5, 5.41) is -0.522. The lowest BCUT2D eigenvalue weighted by molar-refractivity contribution is 0.0600. The van der Waals surface area contributed by atoms with Gasteiger partial charge in [0.1, 0.15) is 21.4 Å². The number of hydrogen-bond acceptors (Lipinski definition) is 7. The van der Waals surface area contributed by atoms with E-state index in [0.717, 1.165) is 32.1 Å². The molecule has 2 aromatic rings. The molecule has 1 saturated carbocycles. The molecular weight excluding hydrogens is 447 g/mol. The molecule has 1 aliphatic carbocycles. The molecule has 1 aliphatic heterocycles. The van der Waals surface area contributed by atoms with E-state index in [2.05, 4.69) is 4.98 Å². The van der Waals surface area contributed by atoms with Crippen molar-refractivity contribution in [2.75, 3.05) is 24.3 Å². The van der Waals surface area contributed by atoms with Crippen LogP contribution in [-0.4, -0.2) is 44.8 Å². The van der Waals surface area contributed by atoms with Gasteiger partial charge in [-0.1, -0.05) is 36.9 Å². The summed E-state index contributed by atoms with van der Waals surface area (Å²) in [4.78, 5) is 17.3. The summed E-state index contributed by atoms with van der Waals surface area (Å²) in [6.07, 6.45) is 4.98. The molecule has 0 bridgehead atoms. The summed E-state index contributed by atoms with van der Waals surface area (Å²) in [5.74, 6) is -1.82. The lowest BCUT2D eigenvalue weighted by Gasteiger charge is -2.40. The summed E-state index contributed by atoms with van der Waals surface area (Å²) in [7, 11) is -2.56. The maximum atomic E-state index is 14.6. The second-order valence-corrected chi connectivity index (χ2v) is 10.0. The fourth-order valence-electron chi connectivity index (χ4n) is 4.20. The van der Waals surface area contributed by atoms with Crippen LogP contribution in [0.25, 0.3) is 0 Å². The maximum Gasteiger partial charge on any atom is 0.337 e. The Morgan fingerprint density at radius 3 is 2.71 bits per heavy atom. The zero-order valence-corrected chi connectivity index (χ0v) is 18.5. The first-order valence-corrected chi connectivity index (χ1v) is 12.1. The molecule has 10 heteroatoms. The molecule has 4 rings (SSSR count). The summed E-state index contributed by atoms with van der Waals surface area (Å²) in [6.45, 7) is 0.252. The third kappa shape index (κ3) is 4.21. The Kier molecular flexibility index (Phi) is 6.07. The number of esters is 1. The van der Waals surface area contributed by atoms with E-state index in [0.29, 0.717) is 0 Å². The molecule has 0 amide bonds. The number of carbonyl (C=O) groups excluding carboxylic acids is 1. The average molecular weight is 469 g/mol. The molecule has 0 radical (unpaired) electrons. The van der Waals surface area contributed by atoms with E-state index < -0.39 is 26.8 Å². The van der Waals surface area contributed by atoms with E-state index in [1.807, 2.05) is 4.90 Å². The molecule has 1 aromatic carbocycles. The van der Waals surface area contributed by atoms with E-state index in [9.17, 15) is 17.6 Å². The van der Waals surface area contributed by atoms with Gasteiger partial charge in [0.15, 0.2) is 9.84 Å². The summed E-state index contributed by atoms with van der Waals surface area (Å²) >= 11 is 6.10. The normalized spacial score (nSPS) is 18.4. The van der Waals surface area contributed by atoms with Crippen LogP contribution in [0.5, 0.6) is 11.6 Å². The van der Waals surface area contributed by atoms with Gasteiger partial charge in [-0.3, -0.25) is 0 Å². The van der Waals surface area contributed by atoms with Crippen molar-refractivity contribution in [3.8, 4) is 11.6 Å². The number of pyridine rings is 1. The van der Waals surface area contributed by atoms with Crippen LogP contribution in [0, 0.1) is 5.95 Å². The third-order valence-electron chi connectivity index (χ3n) is 5.68. The Morgan fingerprint density at radius 2 is 2.00 bits per heavy atom. The molecule has 1 aromatic heterocycles. The number of ether oxygens (including phenoxy) is 2. The number of hydrogen-bond donors (Lipinski definition) is 0. The van der Waals surface area contributed by atoms with Crippen molar-refractivity contribution in [2.24, 2.45) is 0 Å². The molecule has 0 unspecified atom stereocenters. The molecule has 166 valence electrons. The van der Waals surface area contributed by atoms with E-state index in [1.165, 1.54) is 13.2 Å². The summed E-state index contributed by atoms with van der Waals surface area (Å²) in [6, 6.07) is 6.21. The van der Waals surface area contributed by atoms with Crippen LogP contribution in [0.3, 0.4) is 0 Å². The molecule has 0 spiro atoms. The molecule has 1 fully saturated rings. The molecule has 0 atom stereocenters. The standard InChI is InChI=1S/C21H22ClFN2O5S/c1-29-21(26)13-6-5-9-15(12-13)30-20-17-18(16(22)19(23)24-20)31(27,28)11-10-25(17)14-7-3-2-4-8-14/h5-6,9,12,14H,2-4,7-8,10-11H2,1H3. The third-order valence-corrected chi connectivity index (χ3v) is 7.88. The van der Waals surface area contributed by atoms with Crippen molar-refractivity contribution in [3.63, 3.8) is 0 Å². The van der Waals surface area contributed by atoms with E-state index >= 15 is 0 Å². The van der Waals surface area contributed by atoms with Gasteiger partial charge in [-0.05, 0) is 31.0 Å². The number of fused-ring (bicyclic) bond motifs is 1. The van der Waals surface area contributed by atoms with Gasteiger partial charge < -0.3 is 14.4 Å². The number of benzene rings is 1. The number of aromatic nitrogens is 1. The highest BCUT2D eigenvalue weighted by Crippen LogP contribution is 2.46. The van der Waals surface area contributed by atoms with E-state index in [-0.39, 0.29) is 46.1 Å². The second-order valence-electron chi connectivity index (χ2n) is 7.63. The van der Waals surface area contributed by atoms with Gasteiger partial charge >= 0.3 is 5.97 Å². The molecule has 2 aliphatic rings. The minimum absolute atomic E-state index is 0.0927. The van der Waals surface area contributed by atoms with Crippen LogP contribution in [-0.2, 0) is 14.6 Å². The number of halogens is 2. The number of nitrogens with zero attached hydrogens (tertiary/aromatic N) is 2. The van der Waals surface area contributed by atoms with Crippen LogP contribution in [0.15, 0.2) is 29.2 Å². The molecule has 7 nitrogen and oxygen atoms in total. The fourth-order valence-corrected chi connectivity index (χ4v) is 6.18. The smallest absolute Gasteiger partial charge is 0.337 e. The lowest BCUT2D eigenvalue weighted by Crippen LogP contribution is -2.44. The highest BCUT2D eigenvalue weighted by atomic mass is 35.5. The van der Waals surface area contributed by atoms with Crippen LogP contribution in [0.1, 0.15) is 42.5 Å². The second kappa shape index (κ2) is 8.63. The lowest BCUT2D eigenvalue weighted by atomic mass is 9.94. The number of carbonyl (C=O) groups is 1. The van der Waals surface area contributed by atoms with Crippen molar-refractivity contribution in [2.45, 2.75) is 43.0 Å². The number of anilines is 1. The van der Waals surface area contributed by atoms with Crippen molar-refractivity contribution in [1.29, 1.82) is 0 Å². The number of sulfone groups is 1.